The fraction of sp³-hybridized carbons (Fsp3) is 0.0833. The van der Waals surface area contributed by atoms with Crippen LogP contribution in [0.2, 0.25) is 5.02 Å². The average molecular weight is 479 g/mol. The van der Waals surface area contributed by atoms with E-state index >= 15 is 0 Å². The van der Waals surface area contributed by atoms with E-state index in [0.717, 1.165) is 16.9 Å². The molecule has 0 saturated carbocycles. The first-order valence-corrected chi connectivity index (χ1v) is 11.2. The minimum atomic E-state index is -0.410. The molecule has 7 nitrogen and oxygen atoms in total. The van der Waals surface area contributed by atoms with Crippen LogP contribution in [0.25, 0.3) is 0 Å². The molecule has 4 rings (SSSR count). The molecule has 2 N–H and O–H groups in total. The molecule has 33 heavy (non-hydrogen) atoms. The minimum absolute atomic E-state index is 0.204. The van der Waals surface area contributed by atoms with E-state index in [-0.39, 0.29) is 17.5 Å². The van der Waals surface area contributed by atoms with Crippen LogP contribution in [-0.4, -0.2) is 22.0 Å². The summed E-state index contributed by atoms with van der Waals surface area (Å²) in [7, 11) is 0. The maximum Gasteiger partial charge on any atom is 0.286 e. The SMILES string of the molecule is O=C(NCc1ccccc1Cl)c1cccc(NC(=O)c2nnc(COc3ccccc3)s2)c1. The van der Waals surface area contributed by atoms with Crippen molar-refractivity contribution in [2.75, 3.05) is 5.32 Å². The molecule has 1 aromatic heterocycles. The summed E-state index contributed by atoms with van der Waals surface area (Å²) >= 11 is 7.28. The first-order chi connectivity index (χ1) is 16.1. The molecule has 0 unspecified atom stereocenters. The van der Waals surface area contributed by atoms with Gasteiger partial charge in [0.15, 0.2) is 5.01 Å². The van der Waals surface area contributed by atoms with Crippen LogP contribution < -0.4 is 15.4 Å². The Morgan fingerprint density at radius 1 is 0.909 bits per heavy atom. The molecule has 1 heterocycles. The van der Waals surface area contributed by atoms with Crippen LogP contribution in [0.3, 0.4) is 0 Å². The standard InChI is InChI=1S/C24H19ClN4O3S/c25-20-12-5-4-7-17(20)14-26-22(30)16-8-6-9-18(13-16)27-23(31)24-29-28-21(33-24)15-32-19-10-2-1-3-11-19/h1-13H,14-15H2,(H,26,30)(H,27,31). The van der Waals surface area contributed by atoms with Crippen molar-refractivity contribution >= 4 is 40.4 Å². The van der Waals surface area contributed by atoms with Crippen molar-refractivity contribution in [1.29, 1.82) is 0 Å². The molecule has 0 bridgehead atoms. The average Bonchev–Trinajstić information content (AvgIpc) is 3.32. The van der Waals surface area contributed by atoms with Crippen molar-refractivity contribution in [1.82, 2.24) is 15.5 Å². The van der Waals surface area contributed by atoms with Crippen molar-refractivity contribution in [2.24, 2.45) is 0 Å². The largest absolute Gasteiger partial charge is 0.486 e. The van der Waals surface area contributed by atoms with Crippen LogP contribution in [0.4, 0.5) is 5.69 Å². The van der Waals surface area contributed by atoms with Gasteiger partial charge in [-0.2, -0.15) is 0 Å². The highest BCUT2D eigenvalue weighted by molar-refractivity contribution is 7.13. The van der Waals surface area contributed by atoms with E-state index < -0.39 is 5.91 Å². The highest BCUT2D eigenvalue weighted by atomic mass is 35.5. The van der Waals surface area contributed by atoms with Crippen LogP contribution in [0.1, 0.15) is 30.7 Å². The second kappa shape index (κ2) is 10.7. The van der Waals surface area contributed by atoms with Gasteiger partial charge in [0.2, 0.25) is 5.01 Å². The van der Waals surface area contributed by atoms with Gasteiger partial charge in [0.05, 0.1) is 0 Å². The van der Waals surface area contributed by atoms with Crippen molar-refractivity contribution in [3.8, 4) is 5.75 Å². The van der Waals surface area contributed by atoms with Crippen LogP contribution in [0, 0.1) is 0 Å². The third kappa shape index (κ3) is 6.15. The molecule has 0 aliphatic heterocycles. The Morgan fingerprint density at radius 2 is 1.70 bits per heavy atom. The van der Waals surface area contributed by atoms with Crippen LogP contribution >= 0.6 is 22.9 Å². The molecule has 0 radical (unpaired) electrons. The monoisotopic (exact) mass is 478 g/mol. The number of hydrogen-bond donors (Lipinski definition) is 2. The molecule has 0 aliphatic carbocycles. The van der Waals surface area contributed by atoms with Gasteiger partial charge in [-0.05, 0) is 42.0 Å². The Balaban J connectivity index is 1.34. The van der Waals surface area contributed by atoms with E-state index in [9.17, 15) is 9.59 Å². The van der Waals surface area contributed by atoms with Gasteiger partial charge < -0.3 is 15.4 Å². The molecule has 166 valence electrons. The van der Waals surface area contributed by atoms with Gasteiger partial charge in [-0.15, -0.1) is 10.2 Å². The van der Waals surface area contributed by atoms with Crippen LogP contribution in [0.15, 0.2) is 78.9 Å². The second-order valence-electron chi connectivity index (χ2n) is 6.91. The predicted octanol–water partition coefficient (Wildman–Crippen LogP) is 4.95. The lowest BCUT2D eigenvalue weighted by Crippen LogP contribution is -2.23. The number of aromatic nitrogens is 2. The lowest BCUT2D eigenvalue weighted by molar-refractivity contribution is 0.0949. The molecular formula is C24H19ClN4O3S. The van der Waals surface area contributed by atoms with E-state index in [1.54, 1.807) is 30.3 Å². The fourth-order valence-corrected chi connectivity index (χ4v) is 3.76. The lowest BCUT2D eigenvalue weighted by atomic mass is 10.1. The third-order valence-electron chi connectivity index (χ3n) is 4.55. The van der Waals surface area contributed by atoms with E-state index in [2.05, 4.69) is 20.8 Å². The summed E-state index contributed by atoms with van der Waals surface area (Å²) in [6, 6.07) is 23.3. The van der Waals surface area contributed by atoms with Gasteiger partial charge in [0, 0.05) is 22.8 Å². The van der Waals surface area contributed by atoms with E-state index in [4.69, 9.17) is 16.3 Å². The minimum Gasteiger partial charge on any atom is -0.486 e. The number of benzene rings is 3. The maximum atomic E-state index is 12.6. The molecular weight excluding hydrogens is 460 g/mol. The molecule has 4 aromatic rings. The van der Waals surface area contributed by atoms with Crippen LogP contribution in [-0.2, 0) is 13.2 Å². The molecule has 0 saturated heterocycles. The highest BCUT2D eigenvalue weighted by Gasteiger charge is 2.15. The summed E-state index contributed by atoms with van der Waals surface area (Å²) in [5.41, 5.74) is 1.71. The Bertz CT molecular complexity index is 1260. The lowest BCUT2D eigenvalue weighted by Gasteiger charge is -2.08. The number of halogens is 1. The summed E-state index contributed by atoms with van der Waals surface area (Å²) in [4.78, 5) is 25.1. The van der Waals surface area contributed by atoms with E-state index in [1.807, 2.05) is 48.5 Å². The summed E-state index contributed by atoms with van der Waals surface area (Å²) in [6.07, 6.45) is 0. The quantitative estimate of drug-likeness (QED) is 0.373. The molecule has 0 fully saturated rings. The normalized spacial score (nSPS) is 10.5. The Hall–Kier alpha value is -3.75. The van der Waals surface area contributed by atoms with Crippen molar-refractivity contribution in [3.63, 3.8) is 0 Å². The molecule has 3 aromatic carbocycles. The second-order valence-corrected chi connectivity index (χ2v) is 8.38. The summed E-state index contributed by atoms with van der Waals surface area (Å²) in [6.45, 7) is 0.518. The molecule has 0 aliphatic rings. The number of nitrogens with one attached hydrogen (secondary N) is 2. The van der Waals surface area contributed by atoms with Crippen molar-refractivity contribution in [2.45, 2.75) is 13.2 Å². The first-order valence-electron chi connectivity index (χ1n) is 10.0. The number of anilines is 1. The number of rotatable bonds is 8. The number of nitrogens with zero attached hydrogens (tertiary/aromatic N) is 2. The first kappa shape index (κ1) is 22.4. The van der Waals surface area contributed by atoms with Crippen molar-refractivity contribution in [3.05, 3.63) is 105 Å². The smallest absolute Gasteiger partial charge is 0.286 e. The molecule has 0 spiro atoms. The molecule has 9 heteroatoms. The number of para-hydroxylation sites is 1. The van der Waals surface area contributed by atoms with Crippen molar-refractivity contribution < 1.29 is 14.3 Å². The fourth-order valence-electron chi connectivity index (χ4n) is 2.91. The number of amides is 2. The van der Waals surface area contributed by atoms with E-state index in [0.29, 0.717) is 33.6 Å². The van der Waals surface area contributed by atoms with Gasteiger partial charge in [0.25, 0.3) is 11.8 Å². The maximum absolute atomic E-state index is 12.6. The Kier molecular flexibility index (Phi) is 7.29. The van der Waals surface area contributed by atoms with Crippen LogP contribution in [0.5, 0.6) is 5.75 Å². The third-order valence-corrected chi connectivity index (χ3v) is 5.81. The predicted molar refractivity (Wildman–Crippen MR) is 128 cm³/mol. The van der Waals surface area contributed by atoms with Gasteiger partial charge in [-0.3, -0.25) is 9.59 Å². The molecule has 0 atom stereocenters. The van der Waals surface area contributed by atoms with Gasteiger partial charge in [-0.25, -0.2) is 0 Å². The number of ether oxygens (including phenoxy) is 1. The van der Waals surface area contributed by atoms with E-state index in [1.165, 1.54) is 0 Å². The Labute approximate surface area is 199 Å². The topological polar surface area (TPSA) is 93.2 Å². The number of carbonyl (C=O) groups is 2. The summed E-state index contributed by atoms with van der Waals surface area (Å²) in [5, 5.41) is 14.9. The Morgan fingerprint density at radius 3 is 2.52 bits per heavy atom. The number of carbonyl (C=O) groups excluding carboxylic acids is 2. The zero-order valence-electron chi connectivity index (χ0n) is 17.3. The van der Waals surface area contributed by atoms with Gasteiger partial charge in [0.1, 0.15) is 12.4 Å². The summed E-state index contributed by atoms with van der Waals surface area (Å²) < 4.78 is 5.63. The highest BCUT2D eigenvalue weighted by Crippen LogP contribution is 2.18. The van der Waals surface area contributed by atoms with Gasteiger partial charge >= 0.3 is 0 Å². The van der Waals surface area contributed by atoms with Gasteiger partial charge in [-0.1, -0.05) is 65.4 Å². The molecule has 2 amide bonds. The zero-order chi connectivity index (χ0) is 23.0. The number of hydrogen-bond acceptors (Lipinski definition) is 6. The summed E-state index contributed by atoms with van der Waals surface area (Å²) in [5.74, 6) is 0.0256. The zero-order valence-corrected chi connectivity index (χ0v) is 18.9.